The predicted octanol–water partition coefficient (Wildman–Crippen LogP) is -1.50. The number of phenols is 1. The molecule has 13 heteroatoms. The fourth-order valence-corrected chi connectivity index (χ4v) is 4.76. The minimum atomic E-state index is -1.78. The van der Waals surface area contributed by atoms with Crippen molar-refractivity contribution in [1.82, 2.24) is 0 Å². The largest absolute Gasteiger partial charge is 0.508 e. The van der Waals surface area contributed by atoms with E-state index in [0.29, 0.717) is 5.56 Å². The summed E-state index contributed by atoms with van der Waals surface area (Å²) in [5, 5.41) is 81.0. The standard InChI is InChI=1S/C26H28O13/c27-7-16-20(32)21(33)22(34)25(38-16)17-15(39-26-23(35)19(31)14(29)9-37-26)6-5-12-18(30)13(8-36-24(12)17)10-1-3-11(28)4-2-10/h1-6,8,14,16,19-23,25-29,31-35H,7,9H2. The number of hydrogen-bond acceptors (Lipinski definition) is 13. The highest BCUT2D eigenvalue weighted by Gasteiger charge is 2.47. The molecule has 0 amide bonds. The van der Waals surface area contributed by atoms with Crippen molar-refractivity contribution >= 4 is 11.0 Å². The molecule has 0 spiro atoms. The fraction of sp³-hybridized carbons (Fsp3) is 0.423. The van der Waals surface area contributed by atoms with Crippen LogP contribution in [0.1, 0.15) is 11.7 Å². The van der Waals surface area contributed by atoms with Crippen LogP contribution in [0.25, 0.3) is 22.1 Å². The molecular formula is C26H28O13. The molecule has 9 unspecified atom stereocenters. The second-order valence-electron chi connectivity index (χ2n) is 9.50. The van der Waals surface area contributed by atoms with E-state index in [0.717, 1.165) is 6.26 Å². The van der Waals surface area contributed by atoms with Gasteiger partial charge in [-0.3, -0.25) is 4.79 Å². The Morgan fingerprint density at radius 1 is 0.872 bits per heavy atom. The highest BCUT2D eigenvalue weighted by Crippen LogP contribution is 2.42. The zero-order chi connectivity index (χ0) is 28.0. The van der Waals surface area contributed by atoms with Crippen molar-refractivity contribution in [3.8, 4) is 22.6 Å². The number of fused-ring (bicyclic) bond motifs is 1. The van der Waals surface area contributed by atoms with Crippen LogP contribution >= 0.6 is 0 Å². The molecule has 3 aromatic rings. The molecule has 0 aliphatic carbocycles. The van der Waals surface area contributed by atoms with E-state index >= 15 is 0 Å². The molecule has 2 saturated heterocycles. The molecule has 210 valence electrons. The van der Waals surface area contributed by atoms with Gasteiger partial charge in [0, 0.05) is 0 Å². The Labute approximate surface area is 220 Å². The van der Waals surface area contributed by atoms with Gasteiger partial charge in [0.2, 0.25) is 11.7 Å². The molecule has 8 N–H and O–H groups in total. The number of aromatic hydroxyl groups is 1. The third-order valence-electron chi connectivity index (χ3n) is 6.99. The number of aliphatic hydroxyl groups is 7. The van der Waals surface area contributed by atoms with Gasteiger partial charge in [-0.25, -0.2) is 0 Å². The molecule has 39 heavy (non-hydrogen) atoms. The molecule has 0 radical (unpaired) electrons. The Kier molecular flexibility index (Phi) is 7.61. The number of benzene rings is 2. The Morgan fingerprint density at radius 2 is 1.59 bits per heavy atom. The van der Waals surface area contributed by atoms with Gasteiger partial charge in [-0.2, -0.15) is 0 Å². The quantitative estimate of drug-likeness (QED) is 0.182. The Bertz CT molecular complexity index is 1370. The van der Waals surface area contributed by atoms with Crippen LogP contribution < -0.4 is 10.2 Å². The van der Waals surface area contributed by atoms with E-state index in [1.807, 2.05) is 0 Å². The SMILES string of the molecule is O=c1c(-c2ccc(O)cc2)coc2c(C3OC(CO)C(O)C(O)C3O)c(OC3OCC(O)C(O)C3O)ccc12. The molecular weight excluding hydrogens is 520 g/mol. The molecule has 0 bridgehead atoms. The maximum atomic E-state index is 13.5. The summed E-state index contributed by atoms with van der Waals surface area (Å²) in [4.78, 5) is 13.5. The van der Waals surface area contributed by atoms with Crippen LogP contribution in [0, 0.1) is 0 Å². The second-order valence-corrected chi connectivity index (χ2v) is 9.50. The van der Waals surface area contributed by atoms with E-state index in [9.17, 15) is 45.6 Å². The first kappa shape index (κ1) is 27.5. The fourth-order valence-electron chi connectivity index (χ4n) is 4.76. The van der Waals surface area contributed by atoms with Gasteiger partial charge in [0.05, 0.1) is 29.7 Å². The molecule has 5 rings (SSSR count). The number of rotatable bonds is 5. The van der Waals surface area contributed by atoms with Crippen LogP contribution in [0.15, 0.2) is 51.9 Å². The third-order valence-corrected chi connectivity index (χ3v) is 6.99. The highest BCUT2D eigenvalue weighted by atomic mass is 16.7. The van der Waals surface area contributed by atoms with Crippen LogP contribution in [-0.4, -0.2) is 103 Å². The first-order valence-electron chi connectivity index (χ1n) is 12.1. The number of hydrogen-bond donors (Lipinski definition) is 8. The lowest BCUT2D eigenvalue weighted by atomic mass is 9.89. The monoisotopic (exact) mass is 548 g/mol. The maximum Gasteiger partial charge on any atom is 0.228 e. The molecule has 1 aromatic heterocycles. The van der Waals surface area contributed by atoms with Gasteiger partial charge in [0.1, 0.15) is 72.2 Å². The summed E-state index contributed by atoms with van der Waals surface area (Å²) in [5.41, 5.74) is -0.124. The predicted molar refractivity (Wildman–Crippen MR) is 131 cm³/mol. The van der Waals surface area contributed by atoms with E-state index in [-0.39, 0.29) is 40.2 Å². The van der Waals surface area contributed by atoms with E-state index < -0.39 is 67.2 Å². The summed E-state index contributed by atoms with van der Waals surface area (Å²) < 4.78 is 22.7. The number of aliphatic hydroxyl groups excluding tert-OH is 7. The van der Waals surface area contributed by atoms with Gasteiger partial charge in [0.25, 0.3) is 0 Å². The Morgan fingerprint density at radius 3 is 2.28 bits per heavy atom. The Hall–Kier alpha value is -3.11. The average Bonchev–Trinajstić information content (AvgIpc) is 2.93. The molecule has 13 nitrogen and oxygen atoms in total. The maximum absolute atomic E-state index is 13.5. The zero-order valence-electron chi connectivity index (χ0n) is 20.3. The van der Waals surface area contributed by atoms with Crippen molar-refractivity contribution < 1.29 is 59.5 Å². The van der Waals surface area contributed by atoms with Crippen LogP contribution in [0.3, 0.4) is 0 Å². The molecule has 2 aliphatic rings. The second kappa shape index (κ2) is 10.8. The smallest absolute Gasteiger partial charge is 0.228 e. The third kappa shape index (κ3) is 4.89. The summed E-state index contributed by atoms with van der Waals surface area (Å²) in [6.07, 6.45) is -13.0. The lowest BCUT2D eigenvalue weighted by Crippen LogP contribution is -2.56. The van der Waals surface area contributed by atoms with Gasteiger partial charge in [-0.1, -0.05) is 12.1 Å². The van der Waals surface area contributed by atoms with E-state index in [1.54, 1.807) is 0 Å². The summed E-state index contributed by atoms with van der Waals surface area (Å²) >= 11 is 0. The summed E-state index contributed by atoms with van der Waals surface area (Å²) in [5.74, 6) is -0.139. The molecule has 2 fully saturated rings. The van der Waals surface area contributed by atoms with E-state index in [1.165, 1.54) is 36.4 Å². The van der Waals surface area contributed by atoms with Crippen molar-refractivity contribution in [3.05, 3.63) is 58.4 Å². The topological polar surface area (TPSA) is 220 Å². The average molecular weight is 548 g/mol. The van der Waals surface area contributed by atoms with Crippen molar-refractivity contribution in [1.29, 1.82) is 0 Å². The van der Waals surface area contributed by atoms with Gasteiger partial charge < -0.3 is 59.5 Å². The first-order chi connectivity index (χ1) is 18.6. The Balaban J connectivity index is 1.65. The van der Waals surface area contributed by atoms with Gasteiger partial charge in [0.15, 0.2) is 0 Å². The lowest BCUT2D eigenvalue weighted by molar-refractivity contribution is -0.244. The van der Waals surface area contributed by atoms with Crippen molar-refractivity contribution in [2.75, 3.05) is 13.2 Å². The molecule has 9 atom stereocenters. The number of phenolic OH excluding ortho intramolecular Hbond substituents is 1. The molecule has 2 aliphatic heterocycles. The normalized spacial score (nSPS) is 33.3. The first-order valence-corrected chi connectivity index (χ1v) is 12.1. The van der Waals surface area contributed by atoms with Crippen LogP contribution in [0.2, 0.25) is 0 Å². The number of ether oxygens (including phenoxy) is 3. The summed E-state index contributed by atoms with van der Waals surface area (Å²) in [6.45, 7) is -1.08. The van der Waals surface area contributed by atoms with Crippen LogP contribution in [-0.2, 0) is 9.47 Å². The van der Waals surface area contributed by atoms with Crippen LogP contribution in [0.5, 0.6) is 11.5 Å². The van der Waals surface area contributed by atoms with Crippen molar-refractivity contribution in [2.24, 2.45) is 0 Å². The lowest BCUT2D eigenvalue weighted by Gasteiger charge is -2.41. The zero-order valence-corrected chi connectivity index (χ0v) is 20.3. The van der Waals surface area contributed by atoms with Crippen molar-refractivity contribution in [2.45, 2.75) is 55.1 Å². The summed E-state index contributed by atoms with van der Waals surface area (Å²) in [7, 11) is 0. The minimum absolute atomic E-state index is 0.000350. The van der Waals surface area contributed by atoms with Gasteiger partial charge >= 0.3 is 0 Å². The van der Waals surface area contributed by atoms with Gasteiger partial charge in [-0.15, -0.1) is 0 Å². The van der Waals surface area contributed by atoms with E-state index in [2.05, 4.69) is 0 Å². The van der Waals surface area contributed by atoms with E-state index in [4.69, 9.17) is 18.6 Å². The molecule has 3 heterocycles. The molecule has 2 aromatic carbocycles. The highest BCUT2D eigenvalue weighted by molar-refractivity contribution is 5.86. The van der Waals surface area contributed by atoms with Crippen LogP contribution in [0.4, 0.5) is 0 Å². The van der Waals surface area contributed by atoms with Gasteiger partial charge in [-0.05, 0) is 29.8 Å². The summed E-state index contributed by atoms with van der Waals surface area (Å²) in [6, 6.07) is 8.50. The molecule has 0 saturated carbocycles. The minimum Gasteiger partial charge on any atom is -0.508 e. The van der Waals surface area contributed by atoms with Crippen molar-refractivity contribution in [3.63, 3.8) is 0 Å².